The molecule has 0 aliphatic carbocycles. The summed E-state index contributed by atoms with van der Waals surface area (Å²) in [7, 11) is 0. The average Bonchev–Trinajstić information content (AvgIpc) is 2.17. The fourth-order valence-electron chi connectivity index (χ4n) is 1.20. The second kappa shape index (κ2) is 9.09. The van der Waals surface area contributed by atoms with Gasteiger partial charge >= 0.3 is 0 Å². The molecule has 3 unspecified atom stereocenters. The molecule has 0 aliphatic rings. The van der Waals surface area contributed by atoms with Crippen LogP contribution in [0, 0.1) is 0 Å². The van der Waals surface area contributed by atoms with E-state index in [4.69, 9.17) is 14.6 Å². The molecule has 0 radical (unpaired) electrons. The minimum Gasteiger partial charge on any atom is -0.391 e. The fraction of sp³-hybridized carbons (Fsp3) is 1.00. The van der Waals surface area contributed by atoms with Crippen LogP contribution >= 0.6 is 0 Å². The van der Waals surface area contributed by atoms with Gasteiger partial charge in [0, 0.05) is 0 Å². The SMILES string of the molecule is CCCC(COCC(C)O)OC(O)CC. The lowest BCUT2D eigenvalue weighted by molar-refractivity contribution is -0.157. The molecule has 0 rings (SSSR count). The van der Waals surface area contributed by atoms with Crippen LogP contribution < -0.4 is 0 Å². The predicted molar refractivity (Wildman–Crippen MR) is 58.6 cm³/mol. The third kappa shape index (κ3) is 8.81. The monoisotopic (exact) mass is 220 g/mol. The zero-order chi connectivity index (χ0) is 11.7. The van der Waals surface area contributed by atoms with Crippen LogP contribution in [-0.4, -0.2) is 41.9 Å². The number of hydrogen-bond acceptors (Lipinski definition) is 4. The molecule has 0 saturated heterocycles. The number of rotatable bonds is 9. The van der Waals surface area contributed by atoms with E-state index in [0.29, 0.717) is 19.6 Å². The van der Waals surface area contributed by atoms with Gasteiger partial charge in [0.15, 0.2) is 6.29 Å². The minimum absolute atomic E-state index is 0.0799. The Morgan fingerprint density at radius 2 is 1.80 bits per heavy atom. The van der Waals surface area contributed by atoms with E-state index in [1.165, 1.54) is 0 Å². The quantitative estimate of drug-likeness (QED) is 0.575. The van der Waals surface area contributed by atoms with Crippen molar-refractivity contribution in [2.24, 2.45) is 0 Å². The lowest BCUT2D eigenvalue weighted by Crippen LogP contribution is -2.27. The van der Waals surface area contributed by atoms with Crippen LogP contribution in [0.2, 0.25) is 0 Å². The topological polar surface area (TPSA) is 58.9 Å². The molecule has 15 heavy (non-hydrogen) atoms. The third-order valence-electron chi connectivity index (χ3n) is 1.97. The molecule has 0 aromatic heterocycles. The lowest BCUT2D eigenvalue weighted by Gasteiger charge is -2.20. The van der Waals surface area contributed by atoms with Gasteiger partial charge in [0.2, 0.25) is 0 Å². The molecule has 0 fully saturated rings. The fourth-order valence-corrected chi connectivity index (χ4v) is 1.20. The van der Waals surface area contributed by atoms with Gasteiger partial charge in [0.25, 0.3) is 0 Å². The zero-order valence-corrected chi connectivity index (χ0v) is 9.98. The summed E-state index contributed by atoms with van der Waals surface area (Å²) in [5.41, 5.74) is 0. The molecule has 0 aromatic rings. The maximum absolute atomic E-state index is 9.34. The van der Waals surface area contributed by atoms with Gasteiger partial charge in [-0.05, 0) is 19.8 Å². The summed E-state index contributed by atoms with van der Waals surface area (Å²) in [6.07, 6.45) is 1.18. The lowest BCUT2D eigenvalue weighted by atomic mass is 10.2. The molecule has 0 aliphatic heterocycles. The van der Waals surface area contributed by atoms with E-state index in [1.54, 1.807) is 6.92 Å². The highest BCUT2D eigenvalue weighted by Crippen LogP contribution is 2.07. The highest BCUT2D eigenvalue weighted by Gasteiger charge is 2.13. The summed E-state index contributed by atoms with van der Waals surface area (Å²) in [6.45, 7) is 6.34. The number of aliphatic hydroxyl groups is 2. The van der Waals surface area contributed by atoms with Gasteiger partial charge in [-0.2, -0.15) is 0 Å². The van der Waals surface area contributed by atoms with Crippen LogP contribution in [0.1, 0.15) is 40.0 Å². The first-order valence-electron chi connectivity index (χ1n) is 5.69. The van der Waals surface area contributed by atoms with Crippen LogP contribution in [0.3, 0.4) is 0 Å². The number of ether oxygens (including phenoxy) is 2. The highest BCUT2D eigenvalue weighted by atomic mass is 16.6. The Bertz CT molecular complexity index is 139. The Morgan fingerprint density at radius 3 is 2.27 bits per heavy atom. The van der Waals surface area contributed by atoms with Gasteiger partial charge in [0.1, 0.15) is 0 Å². The first kappa shape index (κ1) is 14.8. The Balaban J connectivity index is 3.72. The van der Waals surface area contributed by atoms with Crippen molar-refractivity contribution < 1.29 is 19.7 Å². The Hall–Kier alpha value is -0.160. The average molecular weight is 220 g/mol. The predicted octanol–water partition coefficient (Wildman–Crippen LogP) is 1.30. The summed E-state index contributed by atoms with van der Waals surface area (Å²) >= 11 is 0. The first-order chi connectivity index (χ1) is 7.10. The van der Waals surface area contributed by atoms with Crippen molar-refractivity contribution in [3.05, 3.63) is 0 Å². The third-order valence-corrected chi connectivity index (χ3v) is 1.97. The van der Waals surface area contributed by atoms with Crippen molar-refractivity contribution in [3.8, 4) is 0 Å². The molecule has 0 bridgehead atoms. The molecular weight excluding hydrogens is 196 g/mol. The molecule has 92 valence electrons. The Morgan fingerprint density at radius 1 is 1.13 bits per heavy atom. The molecule has 0 aromatic carbocycles. The molecular formula is C11H24O4. The molecule has 2 N–H and O–H groups in total. The van der Waals surface area contributed by atoms with E-state index >= 15 is 0 Å². The van der Waals surface area contributed by atoms with E-state index in [1.807, 2.05) is 6.92 Å². The van der Waals surface area contributed by atoms with Crippen LogP contribution in [-0.2, 0) is 9.47 Å². The summed E-state index contributed by atoms with van der Waals surface area (Å²) < 4.78 is 10.6. The minimum atomic E-state index is -0.711. The largest absolute Gasteiger partial charge is 0.391 e. The van der Waals surface area contributed by atoms with Crippen LogP contribution in [0.4, 0.5) is 0 Å². The number of aliphatic hydroxyl groups excluding tert-OH is 2. The molecule has 0 saturated carbocycles. The van der Waals surface area contributed by atoms with E-state index < -0.39 is 12.4 Å². The van der Waals surface area contributed by atoms with Crippen LogP contribution in [0.15, 0.2) is 0 Å². The van der Waals surface area contributed by atoms with Crippen molar-refractivity contribution in [2.75, 3.05) is 13.2 Å². The van der Waals surface area contributed by atoms with E-state index in [2.05, 4.69) is 6.92 Å². The smallest absolute Gasteiger partial charge is 0.154 e. The normalized spacial score (nSPS) is 17.4. The molecule has 3 atom stereocenters. The van der Waals surface area contributed by atoms with E-state index in [-0.39, 0.29) is 6.10 Å². The zero-order valence-electron chi connectivity index (χ0n) is 9.98. The van der Waals surface area contributed by atoms with Gasteiger partial charge in [-0.15, -0.1) is 0 Å². The molecule has 4 heteroatoms. The molecule has 0 spiro atoms. The maximum atomic E-state index is 9.34. The Kier molecular flexibility index (Phi) is 9.00. The molecule has 4 nitrogen and oxygen atoms in total. The second-order valence-corrected chi connectivity index (χ2v) is 3.80. The van der Waals surface area contributed by atoms with E-state index in [9.17, 15) is 5.11 Å². The summed E-state index contributed by atoms with van der Waals surface area (Å²) in [6, 6.07) is 0. The number of hydrogen-bond donors (Lipinski definition) is 2. The molecule has 0 amide bonds. The van der Waals surface area contributed by atoms with Crippen molar-refractivity contribution in [1.82, 2.24) is 0 Å². The maximum Gasteiger partial charge on any atom is 0.154 e. The second-order valence-electron chi connectivity index (χ2n) is 3.80. The van der Waals surface area contributed by atoms with Crippen molar-refractivity contribution in [3.63, 3.8) is 0 Å². The summed E-state index contributed by atoms with van der Waals surface area (Å²) in [5.74, 6) is 0. The van der Waals surface area contributed by atoms with Crippen LogP contribution in [0.5, 0.6) is 0 Å². The van der Waals surface area contributed by atoms with Crippen molar-refractivity contribution in [2.45, 2.75) is 58.5 Å². The van der Waals surface area contributed by atoms with Crippen molar-refractivity contribution >= 4 is 0 Å². The summed E-state index contributed by atoms with van der Waals surface area (Å²) in [5, 5.41) is 18.3. The first-order valence-corrected chi connectivity index (χ1v) is 5.69. The van der Waals surface area contributed by atoms with Crippen molar-refractivity contribution in [1.29, 1.82) is 0 Å². The van der Waals surface area contributed by atoms with Gasteiger partial charge in [-0.1, -0.05) is 20.3 Å². The highest BCUT2D eigenvalue weighted by molar-refractivity contribution is 4.57. The van der Waals surface area contributed by atoms with Gasteiger partial charge < -0.3 is 19.7 Å². The molecule has 0 heterocycles. The van der Waals surface area contributed by atoms with Crippen LogP contribution in [0.25, 0.3) is 0 Å². The standard InChI is InChI=1S/C11H24O4/c1-4-6-10(15-11(13)5-2)8-14-7-9(3)12/h9-13H,4-8H2,1-3H3. The Labute approximate surface area is 92.2 Å². The summed E-state index contributed by atoms with van der Waals surface area (Å²) in [4.78, 5) is 0. The van der Waals surface area contributed by atoms with Gasteiger partial charge in [-0.25, -0.2) is 0 Å². The van der Waals surface area contributed by atoms with Gasteiger partial charge in [-0.3, -0.25) is 0 Å². The van der Waals surface area contributed by atoms with E-state index in [0.717, 1.165) is 12.8 Å². The van der Waals surface area contributed by atoms with Gasteiger partial charge in [0.05, 0.1) is 25.4 Å².